The second-order valence-corrected chi connectivity index (χ2v) is 7.31. The largest absolute Gasteiger partial charge is 0.331 e. The van der Waals surface area contributed by atoms with Crippen LogP contribution in [0.3, 0.4) is 0 Å². The lowest BCUT2D eigenvalue weighted by molar-refractivity contribution is -0.140. The molecular formula is C20H30N2O2. The molecule has 1 aliphatic rings. The van der Waals surface area contributed by atoms with E-state index in [4.69, 9.17) is 0 Å². The zero-order valence-electron chi connectivity index (χ0n) is 15.3. The maximum Gasteiger partial charge on any atom is 0.240 e. The average molecular weight is 330 g/mol. The molecule has 1 heterocycles. The molecule has 2 atom stereocenters. The number of benzene rings is 1. The van der Waals surface area contributed by atoms with Crippen LogP contribution in [0.15, 0.2) is 30.3 Å². The third kappa shape index (κ3) is 4.67. The number of hydrogen-bond acceptors (Lipinski definition) is 3. The molecule has 0 saturated carbocycles. The van der Waals surface area contributed by atoms with Crippen LogP contribution in [-0.2, 0) is 16.0 Å². The molecule has 0 radical (unpaired) electrons. The van der Waals surface area contributed by atoms with Gasteiger partial charge in [-0.15, -0.1) is 0 Å². The second-order valence-electron chi connectivity index (χ2n) is 7.31. The Kier molecular flexibility index (Phi) is 6.55. The van der Waals surface area contributed by atoms with Crippen molar-refractivity contribution in [1.29, 1.82) is 0 Å². The van der Waals surface area contributed by atoms with Crippen LogP contribution in [0.5, 0.6) is 0 Å². The molecule has 1 aliphatic heterocycles. The molecule has 132 valence electrons. The maximum atomic E-state index is 13.1. The maximum absolute atomic E-state index is 13.1. The fourth-order valence-corrected chi connectivity index (χ4v) is 3.38. The van der Waals surface area contributed by atoms with Crippen LogP contribution in [0.1, 0.15) is 46.1 Å². The SMILES string of the molecule is CC(C)N[C@H](Cc1ccccc1)C(=O)N1CCC[C@@H]1C(=O)C(C)C. The van der Waals surface area contributed by atoms with Gasteiger partial charge in [-0.2, -0.15) is 0 Å². The fraction of sp³-hybridized carbons (Fsp3) is 0.600. The summed E-state index contributed by atoms with van der Waals surface area (Å²) in [5, 5.41) is 3.39. The van der Waals surface area contributed by atoms with E-state index in [9.17, 15) is 9.59 Å². The second kappa shape index (κ2) is 8.43. The van der Waals surface area contributed by atoms with E-state index in [0.29, 0.717) is 13.0 Å². The summed E-state index contributed by atoms with van der Waals surface area (Å²) in [6, 6.07) is 9.74. The van der Waals surface area contributed by atoms with Crippen molar-refractivity contribution in [3.63, 3.8) is 0 Å². The number of likely N-dealkylation sites (tertiary alicyclic amines) is 1. The first-order chi connectivity index (χ1) is 11.4. The smallest absolute Gasteiger partial charge is 0.240 e. The van der Waals surface area contributed by atoms with E-state index >= 15 is 0 Å². The summed E-state index contributed by atoms with van der Waals surface area (Å²) >= 11 is 0. The third-order valence-corrected chi connectivity index (χ3v) is 4.55. The summed E-state index contributed by atoms with van der Waals surface area (Å²) in [6.07, 6.45) is 2.36. The lowest BCUT2D eigenvalue weighted by Crippen LogP contribution is -2.53. The third-order valence-electron chi connectivity index (χ3n) is 4.55. The predicted octanol–water partition coefficient (Wildman–Crippen LogP) is 2.81. The first kappa shape index (κ1) is 18.7. The summed E-state index contributed by atoms with van der Waals surface area (Å²) in [5.74, 6) is 0.210. The van der Waals surface area contributed by atoms with Crippen molar-refractivity contribution >= 4 is 11.7 Å². The van der Waals surface area contributed by atoms with Gasteiger partial charge < -0.3 is 10.2 Å². The Labute approximate surface area is 145 Å². The van der Waals surface area contributed by atoms with E-state index in [2.05, 4.69) is 5.32 Å². The van der Waals surface area contributed by atoms with Gasteiger partial charge in [-0.3, -0.25) is 9.59 Å². The van der Waals surface area contributed by atoms with Crippen LogP contribution >= 0.6 is 0 Å². The first-order valence-electron chi connectivity index (χ1n) is 9.04. The van der Waals surface area contributed by atoms with E-state index in [1.54, 1.807) is 0 Å². The van der Waals surface area contributed by atoms with Crippen LogP contribution in [0, 0.1) is 5.92 Å². The number of hydrogen-bond donors (Lipinski definition) is 1. The van der Waals surface area contributed by atoms with E-state index in [1.807, 2.05) is 62.9 Å². The molecular weight excluding hydrogens is 300 g/mol. The summed E-state index contributed by atoms with van der Waals surface area (Å²) < 4.78 is 0. The number of Topliss-reactive ketones (excluding diaryl/α,β-unsaturated/α-hetero) is 1. The molecule has 1 amide bonds. The van der Waals surface area contributed by atoms with Crippen molar-refractivity contribution in [2.75, 3.05) is 6.54 Å². The first-order valence-corrected chi connectivity index (χ1v) is 9.04. The van der Waals surface area contributed by atoms with Crippen molar-refractivity contribution in [3.8, 4) is 0 Å². The Bertz CT molecular complexity index is 554. The minimum atomic E-state index is -0.284. The molecule has 24 heavy (non-hydrogen) atoms. The Hall–Kier alpha value is -1.68. The highest BCUT2D eigenvalue weighted by Gasteiger charge is 2.37. The standard InChI is InChI=1S/C20H30N2O2/c1-14(2)19(23)18-11-8-12-22(18)20(24)17(21-15(3)4)13-16-9-6-5-7-10-16/h5-7,9-10,14-15,17-18,21H,8,11-13H2,1-4H3/t17-,18-/m1/s1. The van der Waals surface area contributed by atoms with E-state index in [-0.39, 0.29) is 35.7 Å². The Balaban J connectivity index is 2.15. The molecule has 1 aromatic carbocycles. The van der Waals surface area contributed by atoms with Gasteiger partial charge in [0, 0.05) is 18.5 Å². The van der Waals surface area contributed by atoms with Crippen molar-refractivity contribution in [2.45, 2.75) is 65.1 Å². The Morgan fingerprint density at radius 3 is 2.42 bits per heavy atom. The van der Waals surface area contributed by atoms with Crippen LogP contribution < -0.4 is 5.32 Å². The number of ketones is 1. The van der Waals surface area contributed by atoms with Crippen molar-refractivity contribution in [3.05, 3.63) is 35.9 Å². The minimum Gasteiger partial charge on any atom is -0.331 e. The van der Waals surface area contributed by atoms with E-state index in [0.717, 1.165) is 18.4 Å². The van der Waals surface area contributed by atoms with Gasteiger partial charge in [-0.05, 0) is 24.8 Å². The zero-order valence-corrected chi connectivity index (χ0v) is 15.3. The molecule has 1 saturated heterocycles. The highest BCUT2D eigenvalue weighted by atomic mass is 16.2. The quantitative estimate of drug-likeness (QED) is 0.836. The normalized spacial score (nSPS) is 19.1. The van der Waals surface area contributed by atoms with Gasteiger partial charge in [-0.1, -0.05) is 58.0 Å². The molecule has 1 aromatic rings. The van der Waals surface area contributed by atoms with Gasteiger partial charge in [0.15, 0.2) is 5.78 Å². The highest BCUT2D eigenvalue weighted by Crippen LogP contribution is 2.22. The Morgan fingerprint density at radius 1 is 1.17 bits per heavy atom. The van der Waals surface area contributed by atoms with Crippen molar-refractivity contribution in [2.24, 2.45) is 5.92 Å². The summed E-state index contributed by atoms with van der Waals surface area (Å²) in [5.41, 5.74) is 1.13. The lowest BCUT2D eigenvalue weighted by atomic mass is 9.98. The van der Waals surface area contributed by atoms with E-state index < -0.39 is 0 Å². The number of nitrogens with one attached hydrogen (secondary N) is 1. The molecule has 0 aromatic heterocycles. The number of carbonyl (C=O) groups is 2. The monoisotopic (exact) mass is 330 g/mol. The molecule has 4 heteroatoms. The van der Waals surface area contributed by atoms with Gasteiger partial charge in [-0.25, -0.2) is 0 Å². The molecule has 1 N–H and O–H groups in total. The topological polar surface area (TPSA) is 49.4 Å². The zero-order chi connectivity index (χ0) is 17.7. The van der Waals surface area contributed by atoms with Crippen molar-refractivity contribution in [1.82, 2.24) is 10.2 Å². The lowest BCUT2D eigenvalue weighted by Gasteiger charge is -2.30. The fourth-order valence-electron chi connectivity index (χ4n) is 3.38. The molecule has 4 nitrogen and oxygen atoms in total. The van der Waals surface area contributed by atoms with Crippen LogP contribution in [0.4, 0.5) is 0 Å². The van der Waals surface area contributed by atoms with Crippen LogP contribution in [-0.4, -0.2) is 41.3 Å². The molecule has 0 bridgehead atoms. The van der Waals surface area contributed by atoms with Gasteiger partial charge >= 0.3 is 0 Å². The van der Waals surface area contributed by atoms with Crippen LogP contribution in [0.2, 0.25) is 0 Å². The van der Waals surface area contributed by atoms with Gasteiger partial charge in [0.2, 0.25) is 5.91 Å². The number of amides is 1. The summed E-state index contributed by atoms with van der Waals surface area (Å²) in [6.45, 7) is 8.61. The van der Waals surface area contributed by atoms with Crippen molar-refractivity contribution < 1.29 is 9.59 Å². The van der Waals surface area contributed by atoms with E-state index in [1.165, 1.54) is 0 Å². The average Bonchev–Trinajstić information content (AvgIpc) is 3.02. The number of rotatable bonds is 7. The highest BCUT2D eigenvalue weighted by molar-refractivity contribution is 5.92. The molecule has 0 unspecified atom stereocenters. The molecule has 2 rings (SSSR count). The minimum absolute atomic E-state index is 0.0333. The van der Waals surface area contributed by atoms with Gasteiger partial charge in [0.25, 0.3) is 0 Å². The Morgan fingerprint density at radius 2 is 1.83 bits per heavy atom. The number of nitrogens with zero attached hydrogens (tertiary/aromatic N) is 1. The summed E-state index contributed by atoms with van der Waals surface area (Å²) in [7, 11) is 0. The van der Waals surface area contributed by atoms with Crippen LogP contribution in [0.25, 0.3) is 0 Å². The number of carbonyl (C=O) groups excluding carboxylic acids is 2. The predicted molar refractivity (Wildman–Crippen MR) is 96.8 cm³/mol. The molecule has 0 aliphatic carbocycles. The summed E-state index contributed by atoms with van der Waals surface area (Å²) in [4.78, 5) is 27.4. The molecule has 0 spiro atoms. The molecule has 1 fully saturated rings. The van der Waals surface area contributed by atoms with Gasteiger partial charge in [0.1, 0.15) is 0 Å². The van der Waals surface area contributed by atoms with Gasteiger partial charge in [0.05, 0.1) is 12.1 Å².